The van der Waals surface area contributed by atoms with Gasteiger partial charge in [0.25, 0.3) is 5.91 Å². The lowest BCUT2D eigenvalue weighted by molar-refractivity contribution is 0.0670. The molecular formula is C19H25N3O2. The van der Waals surface area contributed by atoms with Crippen molar-refractivity contribution in [3.05, 3.63) is 40.6 Å². The maximum Gasteiger partial charge on any atom is 0.257 e. The van der Waals surface area contributed by atoms with E-state index >= 15 is 0 Å². The standard InChI is InChI=1S/C19H25N3O2/c1-13-18(16-6-2-3-7-17(16)24-13)19(23)22-10-4-5-14(12-22)11-15-8-9-20-21-15/h8-9,14H,2-7,10-12H2,1H3,(H,20,21). The van der Waals surface area contributed by atoms with Crippen LogP contribution in [0.1, 0.15) is 58.8 Å². The lowest BCUT2D eigenvalue weighted by Gasteiger charge is -2.33. The summed E-state index contributed by atoms with van der Waals surface area (Å²) in [6.07, 6.45) is 9.30. The Kier molecular flexibility index (Phi) is 4.17. The molecule has 1 fully saturated rings. The van der Waals surface area contributed by atoms with E-state index < -0.39 is 0 Å². The molecule has 1 N–H and O–H groups in total. The van der Waals surface area contributed by atoms with Crippen molar-refractivity contribution < 1.29 is 9.21 Å². The number of hydrogen-bond acceptors (Lipinski definition) is 3. The van der Waals surface area contributed by atoms with Crippen LogP contribution < -0.4 is 0 Å². The van der Waals surface area contributed by atoms with Gasteiger partial charge in [-0.2, -0.15) is 5.10 Å². The van der Waals surface area contributed by atoms with E-state index in [1.165, 1.54) is 18.4 Å². The van der Waals surface area contributed by atoms with Crippen LogP contribution in [0.5, 0.6) is 0 Å². The number of carbonyl (C=O) groups is 1. The third-order valence-corrected chi connectivity index (χ3v) is 5.43. The van der Waals surface area contributed by atoms with Crippen molar-refractivity contribution >= 4 is 5.91 Å². The Morgan fingerprint density at radius 2 is 2.25 bits per heavy atom. The fraction of sp³-hybridized carbons (Fsp3) is 0.579. The molecule has 1 unspecified atom stereocenters. The first-order valence-electron chi connectivity index (χ1n) is 9.11. The second kappa shape index (κ2) is 6.46. The van der Waals surface area contributed by atoms with E-state index in [1.807, 2.05) is 17.9 Å². The van der Waals surface area contributed by atoms with Crippen LogP contribution in [0.2, 0.25) is 0 Å². The predicted octanol–water partition coefficient (Wildman–Crippen LogP) is 3.28. The number of likely N-dealkylation sites (tertiary alicyclic amines) is 1. The maximum absolute atomic E-state index is 13.1. The molecule has 5 heteroatoms. The molecule has 1 aliphatic heterocycles. The molecule has 2 aromatic heterocycles. The molecule has 24 heavy (non-hydrogen) atoms. The number of carbonyl (C=O) groups excluding carboxylic acids is 1. The first-order chi connectivity index (χ1) is 11.7. The maximum atomic E-state index is 13.1. The molecule has 0 radical (unpaired) electrons. The third-order valence-electron chi connectivity index (χ3n) is 5.43. The van der Waals surface area contributed by atoms with Crippen LogP contribution in [-0.4, -0.2) is 34.1 Å². The number of aromatic amines is 1. The first-order valence-corrected chi connectivity index (χ1v) is 9.11. The zero-order chi connectivity index (χ0) is 16.5. The number of fused-ring (bicyclic) bond motifs is 1. The molecule has 128 valence electrons. The second-order valence-electron chi connectivity index (χ2n) is 7.19. The highest BCUT2D eigenvalue weighted by molar-refractivity contribution is 5.97. The molecule has 2 aliphatic rings. The number of hydrogen-bond donors (Lipinski definition) is 1. The van der Waals surface area contributed by atoms with Crippen LogP contribution in [0.3, 0.4) is 0 Å². The van der Waals surface area contributed by atoms with Gasteiger partial charge in [0.1, 0.15) is 11.5 Å². The number of nitrogens with zero attached hydrogens (tertiary/aromatic N) is 2. The van der Waals surface area contributed by atoms with Crippen molar-refractivity contribution in [1.29, 1.82) is 0 Å². The quantitative estimate of drug-likeness (QED) is 0.941. The molecule has 0 spiro atoms. The van der Waals surface area contributed by atoms with E-state index in [-0.39, 0.29) is 5.91 Å². The fourth-order valence-corrected chi connectivity index (χ4v) is 4.27. The van der Waals surface area contributed by atoms with E-state index in [0.717, 1.165) is 68.0 Å². The summed E-state index contributed by atoms with van der Waals surface area (Å²) in [6.45, 7) is 3.63. The molecule has 0 aromatic carbocycles. The summed E-state index contributed by atoms with van der Waals surface area (Å²) in [4.78, 5) is 15.2. The summed E-state index contributed by atoms with van der Waals surface area (Å²) in [7, 11) is 0. The number of nitrogens with one attached hydrogen (secondary N) is 1. The Labute approximate surface area is 142 Å². The minimum atomic E-state index is 0.175. The van der Waals surface area contributed by atoms with E-state index in [4.69, 9.17) is 4.42 Å². The Morgan fingerprint density at radius 1 is 1.38 bits per heavy atom. The van der Waals surface area contributed by atoms with E-state index in [2.05, 4.69) is 10.2 Å². The minimum absolute atomic E-state index is 0.175. The SMILES string of the molecule is Cc1oc2c(c1C(=O)N1CCCC(Cc3ccn[nH]3)C1)CCCC2. The largest absolute Gasteiger partial charge is 0.465 e. The van der Waals surface area contributed by atoms with Gasteiger partial charge in [-0.15, -0.1) is 0 Å². The zero-order valence-electron chi connectivity index (χ0n) is 14.3. The van der Waals surface area contributed by atoms with Gasteiger partial charge in [0.2, 0.25) is 0 Å². The molecule has 1 amide bonds. The summed E-state index contributed by atoms with van der Waals surface area (Å²) >= 11 is 0. The molecule has 5 nitrogen and oxygen atoms in total. The minimum Gasteiger partial charge on any atom is -0.465 e. The van der Waals surface area contributed by atoms with Gasteiger partial charge in [0.15, 0.2) is 0 Å². The highest BCUT2D eigenvalue weighted by Gasteiger charge is 2.31. The molecule has 1 atom stereocenters. The summed E-state index contributed by atoms with van der Waals surface area (Å²) < 4.78 is 5.90. The molecule has 0 saturated carbocycles. The van der Waals surface area contributed by atoms with Crippen LogP contribution >= 0.6 is 0 Å². The van der Waals surface area contributed by atoms with Crippen molar-refractivity contribution in [2.24, 2.45) is 5.92 Å². The van der Waals surface area contributed by atoms with Crippen molar-refractivity contribution in [2.75, 3.05) is 13.1 Å². The third kappa shape index (κ3) is 2.87. The summed E-state index contributed by atoms with van der Waals surface area (Å²) in [6, 6.07) is 2.03. The number of piperidine rings is 1. The number of furan rings is 1. The number of amides is 1. The second-order valence-corrected chi connectivity index (χ2v) is 7.19. The molecule has 0 bridgehead atoms. The molecule has 1 saturated heterocycles. The summed E-state index contributed by atoms with van der Waals surface area (Å²) in [5.41, 5.74) is 3.19. The van der Waals surface area contributed by atoms with Gasteiger partial charge in [0, 0.05) is 37.0 Å². The van der Waals surface area contributed by atoms with Gasteiger partial charge < -0.3 is 9.32 Å². The van der Waals surface area contributed by atoms with Crippen LogP contribution in [-0.2, 0) is 19.3 Å². The van der Waals surface area contributed by atoms with Crippen LogP contribution in [0.25, 0.3) is 0 Å². The van der Waals surface area contributed by atoms with Gasteiger partial charge in [-0.05, 0) is 57.4 Å². The van der Waals surface area contributed by atoms with Crippen molar-refractivity contribution in [3.63, 3.8) is 0 Å². The van der Waals surface area contributed by atoms with Crippen molar-refractivity contribution in [3.8, 4) is 0 Å². The Bertz CT molecular complexity index is 717. The van der Waals surface area contributed by atoms with Gasteiger partial charge in [-0.1, -0.05) is 0 Å². The molecule has 4 rings (SSSR count). The first kappa shape index (κ1) is 15.5. The summed E-state index contributed by atoms with van der Waals surface area (Å²) in [5.74, 6) is 2.54. The molecule has 2 aromatic rings. The highest BCUT2D eigenvalue weighted by Crippen LogP contribution is 2.31. The van der Waals surface area contributed by atoms with Gasteiger partial charge in [-0.3, -0.25) is 9.89 Å². The van der Waals surface area contributed by atoms with Crippen LogP contribution in [0.4, 0.5) is 0 Å². The molecular weight excluding hydrogens is 302 g/mol. The molecule has 3 heterocycles. The van der Waals surface area contributed by atoms with Gasteiger partial charge in [0.05, 0.1) is 5.56 Å². The lowest BCUT2D eigenvalue weighted by atomic mass is 9.91. The normalized spacial score (nSPS) is 20.9. The Balaban J connectivity index is 1.51. The smallest absolute Gasteiger partial charge is 0.257 e. The van der Waals surface area contributed by atoms with Gasteiger partial charge in [-0.25, -0.2) is 0 Å². The number of rotatable bonds is 3. The van der Waals surface area contributed by atoms with Crippen LogP contribution in [0.15, 0.2) is 16.7 Å². The average Bonchev–Trinajstić information content (AvgIpc) is 3.21. The Morgan fingerprint density at radius 3 is 3.08 bits per heavy atom. The molecule has 1 aliphatic carbocycles. The topological polar surface area (TPSA) is 62.1 Å². The van der Waals surface area contributed by atoms with E-state index in [1.54, 1.807) is 6.20 Å². The van der Waals surface area contributed by atoms with Gasteiger partial charge >= 0.3 is 0 Å². The number of H-pyrrole nitrogens is 1. The summed E-state index contributed by atoms with van der Waals surface area (Å²) in [5, 5.41) is 7.06. The van der Waals surface area contributed by atoms with Crippen LogP contribution in [0, 0.1) is 12.8 Å². The van der Waals surface area contributed by atoms with E-state index in [9.17, 15) is 4.79 Å². The lowest BCUT2D eigenvalue weighted by Crippen LogP contribution is -2.41. The monoisotopic (exact) mass is 327 g/mol. The Hall–Kier alpha value is -2.04. The van der Waals surface area contributed by atoms with Crippen molar-refractivity contribution in [2.45, 2.75) is 51.9 Å². The number of aromatic nitrogens is 2. The fourth-order valence-electron chi connectivity index (χ4n) is 4.27. The average molecular weight is 327 g/mol. The zero-order valence-corrected chi connectivity index (χ0v) is 14.3. The number of aryl methyl sites for hydroxylation is 2. The van der Waals surface area contributed by atoms with Crippen molar-refractivity contribution in [1.82, 2.24) is 15.1 Å². The highest BCUT2D eigenvalue weighted by atomic mass is 16.3. The van der Waals surface area contributed by atoms with E-state index in [0.29, 0.717) is 5.92 Å². The predicted molar refractivity (Wildman–Crippen MR) is 91.0 cm³/mol.